The van der Waals surface area contributed by atoms with Crippen LogP contribution in [-0.4, -0.2) is 139 Å². The maximum absolute atomic E-state index is 11.7. The number of allylic oxidation sites excluding steroid dienone is 1. The summed E-state index contributed by atoms with van der Waals surface area (Å²) in [5, 5.41) is 0. The van der Waals surface area contributed by atoms with E-state index in [0.717, 1.165) is 64.6 Å². The summed E-state index contributed by atoms with van der Waals surface area (Å²) in [4.78, 5) is 45.9. The quantitative estimate of drug-likeness (QED) is 0.0697. The molecule has 2 spiro atoms. The minimum absolute atomic E-state index is 0.0553. The second-order valence-corrected chi connectivity index (χ2v) is 25.5. The molecule has 20 heteroatoms. The number of ether oxygens (including phenoxy) is 11. The minimum atomic E-state index is -3.67. The largest absolute Gasteiger partial charge is 0.762 e. The van der Waals surface area contributed by atoms with Gasteiger partial charge in [0.05, 0.1) is 24.4 Å². The predicted molar refractivity (Wildman–Crippen MR) is 261 cm³/mol. The molecule has 0 aromatic rings. The van der Waals surface area contributed by atoms with Crippen LogP contribution in [0.5, 0.6) is 0 Å². The summed E-state index contributed by atoms with van der Waals surface area (Å²) in [6, 6.07) is 1.24. The first-order valence-corrected chi connectivity index (χ1v) is 28.9. The number of halogens is 3. The topological polar surface area (TPSA) is 170 Å². The maximum atomic E-state index is 11.7. The van der Waals surface area contributed by atoms with Crippen molar-refractivity contribution in [2.75, 3.05) is 26.4 Å². The Bertz CT molecular complexity index is 1590. The number of hydrogen-bond acceptors (Lipinski definition) is 15. The number of hydrogen-bond donors (Lipinski definition) is 0. The highest BCUT2D eigenvalue weighted by Gasteiger charge is 2.60. The van der Waals surface area contributed by atoms with Gasteiger partial charge >= 0.3 is 31.4 Å². The highest BCUT2D eigenvalue weighted by Crippen LogP contribution is 2.49. The van der Waals surface area contributed by atoms with Gasteiger partial charge in [-0.05, 0) is 58.9 Å². The average molecular weight is 1020 g/mol. The van der Waals surface area contributed by atoms with Crippen molar-refractivity contribution in [1.82, 2.24) is 0 Å². The Labute approximate surface area is 417 Å². The van der Waals surface area contributed by atoms with Gasteiger partial charge in [-0.15, -0.1) is 13.2 Å². The molecule has 12 atom stereocenters. The highest BCUT2D eigenvalue weighted by molar-refractivity contribution is 6.76. The molecule has 0 N–H and O–H groups in total. The molecule has 0 unspecified atom stereocenters. The van der Waals surface area contributed by atoms with E-state index in [1.807, 2.05) is 32.9 Å². The standard InChI is InChI=1S/C21H32O7.C19H30O7.C6H14Si.C4H10O.BF3/c1-5-9-16-13(2)18-20(28-21(27-18)10-7-6-8-11-21)19(26-16)17(25-15(4)23)12-24-14(3)22;1-11-12(2)23-17(15(24-14(4)21)10-22-13(3)20)18-16(11)25-19(26-18)8-6-5-7-9-19;1-5-6-7(2,3)4;1-3-5-4-2;2-1(3)4/h5,13,16-20H,1,6-12H2,2-4H3;11-12,15-18H,5-10H2,1-4H3;5H,1,6H2,2-4H3;3-4H2,1-2H3;/t13-,16-,17+,18-,19-,20-;11-,12-,15+,16-,17-,18-;;;/m00.../s1. The monoisotopic (exact) mass is 1020 g/mol. The van der Waals surface area contributed by atoms with Crippen LogP contribution in [0.4, 0.5) is 12.9 Å². The fourth-order valence-electron chi connectivity index (χ4n) is 9.51. The summed E-state index contributed by atoms with van der Waals surface area (Å²) in [5.74, 6) is -2.65. The van der Waals surface area contributed by atoms with Gasteiger partial charge in [-0.2, -0.15) is 0 Å². The fraction of sp³-hybridized carbons (Fsp3) is 0.840. The molecule has 4 heterocycles. The number of fused-ring (bicyclic) bond motifs is 2. The first kappa shape index (κ1) is 63.3. The van der Waals surface area contributed by atoms with Crippen molar-refractivity contribution in [2.45, 2.75) is 231 Å². The van der Waals surface area contributed by atoms with E-state index in [4.69, 9.17) is 52.1 Å². The second-order valence-electron chi connectivity index (χ2n) is 19.9. The van der Waals surface area contributed by atoms with Crippen LogP contribution in [0.15, 0.2) is 25.3 Å². The molecule has 6 rings (SSSR count). The summed E-state index contributed by atoms with van der Waals surface area (Å²) in [5.41, 5.74) is 0. The van der Waals surface area contributed by atoms with E-state index in [2.05, 4.69) is 46.6 Å². The zero-order valence-electron chi connectivity index (χ0n) is 44.1. The van der Waals surface area contributed by atoms with Crippen LogP contribution >= 0.6 is 0 Å². The van der Waals surface area contributed by atoms with Gasteiger partial charge < -0.3 is 52.1 Å². The molecule has 0 amide bonds. The van der Waals surface area contributed by atoms with Crippen molar-refractivity contribution < 1.29 is 84.2 Å². The van der Waals surface area contributed by atoms with E-state index in [-0.39, 0.29) is 61.7 Å². The molecule has 70 heavy (non-hydrogen) atoms. The van der Waals surface area contributed by atoms with E-state index in [9.17, 15) is 32.1 Å². The van der Waals surface area contributed by atoms with Crippen molar-refractivity contribution in [3.05, 3.63) is 25.3 Å². The molecule has 0 radical (unpaired) electrons. The molecule has 0 bridgehead atoms. The summed E-state index contributed by atoms with van der Waals surface area (Å²) in [7, 11) is -4.44. The third-order valence-electron chi connectivity index (χ3n) is 12.8. The van der Waals surface area contributed by atoms with Gasteiger partial charge in [0.2, 0.25) is 0 Å². The Morgan fingerprint density at radius 3 is 1.33 bits per heavy atom. The molecule has 0 aromatic heterocycles. The van der Waals surface area contributed by atoms with Gasteiger partial charge in [0.1, 0.15) is 37.6 Å². The van der Waals surface area contributed by atoms with Gasteiger partial charge in [0, 0.05) is 86.5 Å². The van der Waals surface area contributed by atoms with Crippen molar-refractivity contribution >= 4 is 39.5 Å². The number of rotatable bonds is 14. The number of carbonyl (C=O) groups excluding carboxylic acids is 4. The zero-order chi connectivity index (χ0) is 52.8. The third kappa shape index (κ3) is 21.3. The van der Waals surface area contributed by atoms with Crippen molar-refractivity contribution in [3.8, 4) is 0 Å². The number of esters is 4. The molecule has 0 aromatic carbocycles. The van der Waals surface area contributed by atoms with Crippen LogP contribution in [0.25, 0.3) is 0 Å². The molecule has 4 saturated heterocycles. The normalized spacial score (nSPS) is 29.9. The first-order valence-electron chi connectivity index (χ1n) is 25.2. The lowest BCUT2D eigenvalue weighted by molar-refractivity contribution is -0.218. The van der Waals surface area contributed by atoms with Gasteiger partial charge in [-0.1, -0.05) is 58.5 Å². The molecule has 2 saturated carbocycles. The summed E-state index contributed by atoms with van der Waals surface area (Å²) < 4.78 is 93.3. The predicted octanol–water partition coefficient (Wildman–Crippen LogP) is 9.69. The summed E-state index contributed by atoms with van der Waals surface area (Å²) >= 11 is 0. The Balaban J connectivity index is 0.000000368. The summed E-state index contributed by atoms with van der Waals surface area (Å²) in [6.45, 7) is 31.6. The molecule has 6 fully saturated rings. The van der Waals surface area contributed by atoms with Crippen LogP contribution in [0.1, 0.15) is 133 Å². The Hall–Kier alpha value is -2.85. The van der Waals surface area contributed by atoms with Crippen LogP contribution < -0.4 is 0 Å². The molecule has 15 nitrogen and oxygen atoms in total. The van der Waals surface area contributed by atoms with Crippen LogP contribution in [0, 0.1) is 11.8 Å². The molecule has 404 valence electrons. The fourth-order valence-corrected chi connectivity index (χ4v) is 10.4. The van der Waals surface area contributed by atoms with Gasteiger partial charge in [0.15, 0.2) is 23.8 Å². The van der Waals surface area contributed by atoms with Crippen molar-refractivity contribution in [3.63, 3.8) is 0 Å². The van der Waals surface area contributed by atoms with E-state index < -0.39 is 75.5 Å². The van der Waals surface area contributed by atoms with E-state index in [1.165, 1.54) is 46.6 Å². The maximum Gasteiger partial charge on any atom is 0.762 e. The smallest absolute Gasteiger partial charge is 0.462 e. The van der Waals surface area contributed by atoms with Gasteiger partial charge in [0.25, 0.3) is 0 Å². The van der Waals surface area contributed by atoms with E-state index >= 15 is 0 Å². The first-order chi connectivity index (χ1) is 32.9. The molecule has 4 aliphatic heterocycles. The van der Waals surface area contributed by atoms with E-state index in [0.29, 0.717) is 6.42 Å². The SMILES string of the molecule is C=CC[C@@H]1O[C@@H]([C@@H](COC(C)=O)OC(C)=O)[C@H]2OC3(CCCCC3)O[C@H]2[C@H]1C.C=CC[Si](C)(C)C.CC(=O)OC[C@@H](OC(C)=O)[C@@H]1O[C@@H](C)[C@H](C)[C@@H]2OC3(CCCCC3)O[C@H]12.CCOCC.FB(F)F. The summed E-state index contributed by atoms with van der Waals surface area (Å²) in [6.07, 6.45) is 10.8. The second kappa shape index (κ2) is 31.0. The lowest BCUT2D eigenvalue weighted by Crippen LogP contribution is -2.57. The average Bonchev–Trinajstić information content (AvgIpc) is 3.83. The van der Waals surface area contributed by atoms with E-state index in [1.54, 1.807) is 0 Å². The molecular weight excluding hydrogens is 936 g/mol. The van der Waals surface area contributed by atoms with Gasteiger partial charge in [-0.25, -0.2) is 0 Å². The molecule has 6 aliphatic rings. The number of carbonyl (C=O) groups is 4. The van der Waals surface area contributed by atoms with Gasteiger partial charge in [-0.3, -0.25) is 32.1 Å². The Kier molecular flexibility index (Phi) is 28.0. The van der Waals surface area contributed by atoms with Crippen LogP contribution in [0.2, 0.25) is 25.7 Å². The minimum Gasteiger partial charge on any atom is -0.462 e. The zero-order valence-corrected chi connectivity index (χ0v) is 45.1. The third-order valence-corrected chi connectivity index (χ3v) is 14.3. The molecular formula is C50H86BF3O15Si. The van der Waals surface area contributed by atoms with Crippen LogP contribution in [0.3, 0.4) is 0 Å². The highest BCUT2D eigenvalue weighted by atomic mass is 28.3. The van der Waals surface area contributed by atoms with Crippen molar-refractivity contribution in [2.24, 2.45) is 11.8 Å². The van der Waals surface area contributed by atoms with Crippen LogP contribution in [-0.2, 0) is 71.3 Å². The lowest BCUT2D eigenvalue weighted by Gasteiger charge is -2.43. The Morgan fingerprint density at radius 2 is 1.01 bits per heavy atom. The van der Waals surface area contributed by atoms with Crippen molar-refractivity contribution in [1.29, 1.82) is 0 Å². The lowest BCUT2D eigenvalue weighted by atomic mass is 9.85. The molecule has 2 aliphatic carbocycles. The Morgan fingerprint density at radius 1 is 0.629 bits per heavy atom.